The number of hydrogen-bond donors (Lipinski definition) is 1. The summed E-state index contributed by atoms with van der Waals surface area (Å²) in [5, 5.41) is 12.9. The van der Waals surface area contributed by atoms with Crippen LogP contribution in [0.25, 0.3) is 6.08 Å². The molecule has 34 heavy (non-hydrogen) atoms. The third-order valence-electron chi connectivity index (χ3n) is 5.06. The van der Waals surface area contributed by atoms with Gasteiger partial charge in [-0.25, -0.2) is 14.7 Å². The van der Waals surface area contributed by atoms with E-state index in [1.54, 1.807) is 36.4 Å². The fraction of sp³-hybridized carbons (Fsp3) is 0.0833. The van der Waals surface area contributed by atoms with Gasteiger partial charge in [0.2, 0.25) is 5.88 Å². The Morgan fingerprint density at radius 3 is 2.44 bits per heavy atom. The number of aryl methyl sites for hydroxylation is 1. The number of anilines is 1. The molecule has 1 saturated heterocycles. The third-order valence-corrected chi connectivity index (χ3v) is 5.06. The summed E-state index contributed by atoms with van der Waals surface area (Å²) < 4.78 is 5.56. The Bertz CT molecular complexity index is 1320. The minimum absolute atomic E-state index is 0.154. The van der Waals surface area contributed by atoms with E-state index in [-0.39, 0.29) is 17.1 Å². The highest BCUT2D eigenvalue weighted by Gasteiger charge is 2.37. The van der Waals surface area contributed by atoms with Gasteiger partial charge < -0.3 is 4.74 Å². The first kappa shape index (κ1) is 22.3. The van der Waals surface area contributed by atoms with Crippen LogP contribution in [0.15, 0.2) is 72.4 Å². The molecule has 10 nitrogen and oxygen atoms in total. The summed E-state index contributed by atoms with van der Waals surface area (Å²) in [6, 6.07) is 15.3. The van der Waals surface area contributed by atoms with Gasteiger partial charge in [-0.1, -0.05) is 37.3 Å². The molecule has 0 radical (unpaired) electrons. The van der Waals surface area contributed by atoms with Gasteiger partial charge in [0.05, 0.1) is 10.6 Å². The molecule has 3 aromatic rings. The second kappa shape index (κ2) is 9.33. The van der Waals surface area contributed by atoms with Crippen LogP contribution < -0.4 is 15.0 Å². The fourth-order valence-electron chi connectivity index (χ4n) is 3.36. The number of hydrogen-bond acceptors (Lipinski definition) is 7. The summed E-state index contributed by atoms with van der Waals surface area (Å²) in [6.45, 7) is 1.91. The lowest BCUT2D eigenvalue weighted by molar-refractivity contribution is -0.385. The van der Waals surface area contributed by atoms with Gasteiger partial charge in [0.15, 0.2) is 0 Å². The summed E-state index contributed by atoms with van der Waals surface area (Å²) in [7, 11) is 0. The second-order valence-electron chi connectivity index (χ2n) is 7.22. The van der Waals surface area contributed by atoms with Gasteiger partial charge >= 0.3 is 6.03 Å². The number of aromatic nitrogens is 1. The minimum Gasteiger partial charge on any atom is -0.439 e. The number of para-hydroxylation sites is 1. The van der Waals surface area contributed by atoms with Gasteiger partial charge in [-0.3, -0.25) is 25.0 Å². The van der Waals surface area contributed by atoms with Crippen LogP contribution in [0.2, 0.25) is 0 Å². The molecule has 1 fully saturated rings. The SMILES string of the molecule is CCc1ccccc1N1C(=O)NC(=O)C(=Cc2ccc(Oc3ccc([N+](=O)[O-])cn3)cc2)C1=O. The van der Waals surface area contributed by atoms with Crippen molar-refractivity contribution in [3.63, 3.8) is 0 Å². The van der Waals surface area contributed by atoms with E-state index in [0.717, 1.165) is 16.7 Å². The van der Waals surface area contributed by atoms with Crippen molar-refractivity contribution in [1.82, 2.24) is 10.3 Å². The maximum Gasteiger partial charge on any atom is 0.335 e. The first-order valence-corrected chi connectivity index (χ1v) is 10.2. The molecule has 2 aromatic carbocycles. The van der Waals surface area contributed by atoms with Gasteiger partial charge in [-0.05, 0) is 41.8 Å². The smallest absolute Gasteiger partial charge is 0.335 e. The molecule has 0 atom stereocenters. The Hall–Kier alpha value is -4.86. The Morgan fingerprint density at radius 1 is 1.06 bits per heavy atom. The lowest BCUT2D eigenvalue weighted by Gasteiger charge is -2.27. The molecule has 0 aliphatic carbocycles. The highest BCUT2D eigenvalue weighted by molar-refractivity contribution is 6.39. The zero-order valence-electron chi connectivity index (χ0n) is 17.9. The Kier molecular flexibility index (Phi) is 6.13. The van der Waals surface area contributed by atoms with Crippen molar-refractivity contribution < 1.29 is 24.0 Å². The van der Waals surface area contributed by atoms with E-state index in [4.69, 9.17) is 4.74 Å². The second-order valence-corrected chi connectivity index (χ2v) is 7.22. The van der Waals surface area contributed by atoms with E-state index in [0.29, 0.717) is 23.4 Å². The Balaban J connectivity index is 1.56. The van der Waals surface area contributed by atoms with Crippen LogP contribution >= 0.6 is 0 Å². The van der Waals surface area contributed by atoms with Crippen LogP contribution in [0.1, 0.15) is 18.1 Å². The van der Waals surface area contributed by atoms with Crippen LogP contribution in [0.5, 0.6) is 11.6 Å². The lowest BCUT2D eigenvalue weighted by Crippen LogP contribution is -2.54. The highest BCUT2D eigenvalue weighted by atomic mass is 16.6. The number of nitrogens with one attached hydrogen (secondary N) is 1. The van der Waals surface area contributed by atoms with Gasteiger partial charge in [0, 0.05) is 12.1 Å². The number of carbonyl (C=O) groups is 3. The standard InChI is InChI=1S/C24H18N4O6/c1-2-16-5-3-4-6-20(16)27-23(30)19(22(29)26-24(27)31)13-15-7-10-18(11-8-15)34-21-12-9-17(14-25-21)28(32)33/h3-14H,2H2,1H3,(H,26,29,31). The van der Waals surface area contributed by atoms with Crippen LogP contribution in [0, 0.1) is 10.1 Å². The molecule has 10 heteroatoms. The molecule has 1 aromatic heterocycles. The molecule has 0 unspecified atom stereocenters. The van der Waals surface area contributed by atoms with E-state index >= 15 is 0 Å². The predicted molar refractivity (Wildman–Crippen MR) is 122 cm³/mol. The molecule has 2 heterocycles. The number of pyridine rings is 1. The molecule has 170 valence electrons. The molecule has 1 aliphatic heterocycles. The van der Waals surface area contributed by atoms with Crippen LogP contribution in [-0.4, -0.2) is 27.8 Å². The fourth-order valence-corrected chi connectivity index (χ4v) is 3.36. The van der Waals surface area contributed by atoms with Crippen LogP contribution in [0.4, 0.5) is 16.2 Å². The average Bonchev–Trinajstić information content (AvgIpc) is 2.83. The molecule has 0 spiro atoms. The van der Waals surface area contributed by atoms with Gasteiger partial charge in [0.25, 0.3) is 17.5 Å². The van der Waals surface area contributed by atoms with Crippen molar-refractivity contribution in [3.05, 3.63) is 93.7 Å². The number of amides is 4. The summed E-state index contributed by atoms with van der Waals surface area (Å²) in [6.07, 6.45) is 3.08. The van der Waals surface area contributed by atoms with Crippen molar-refractivity contribution in [3.8, 4) is 11.6 Å². The number of benzene rings is 2. The van der Waals surface area contributed by atoms with E-state index in [1.165, 1.54) is 18.2 Å². The van der Waals surface area contributed by atoms with Crippen LogP contribution in [-0.2, 0) is 16.0 Å². The normalized spacial score (nSPS) is 14.8. The maximum atomic E-state index is 13.1. The average molecular weight is 458 g/mol. The molecule has 0 bridgehead atoms. The van der Waals surface area contributed by atoms with Crippen molar-refractivity contribution >= 4 is 35.3 Å². The number of imide groups is 2. The summed E-state index contributed by atoms with van der Waals surface area (Å²) in [4.78, 5) is 52.9. The largest absolute Gasteiger partial charge is 0.439 e. The van der Waals surface area contributed by atoms with E-state index < -0.39 is 22.8 Å². The molecular weight excluding hydrogens is 440 g/mol. The molecule has 4 rings (SSSR count). The number of barbiturate groups is 1. The van der Waals surface area contributed by atoms with Crippen molar-refractivity contribution in [2.24, 2.45) is 0 Å². The molecule has 0 saturated carbocycles. The minimum atomic E-state index is -0.799. The Labute approximate surface area is 193 Å². The predicted octanol–water partition coefficient (Wildman–Crippen LogP) is 4.01. The molecule has 4 amide bonds. The van der Waals surface area contributed by atoms with E-state index in [2.05, 4.69) is 10.3 Å². The van der Waals surface area contributed by atoms with Gasteiger partial charge in [0.1, 0.15) is 17.5 Å². The number of urea groups is 1. The van der Waals surface area contributed by atoms with Crippen molar-refractivity contribution in [1.29, 1.82) is 0 Å². The zero-order valence-corrected chi connectivity index (χ0v) is 17.9. The summed E-state index contributed by atoms with van der Waals surface area (Å²) in [5.74, 6) is -0.931. The zero-order chi connectivity index (χ0) is 24.2. The van der Waals surface area contributed by atoms with Gasteiger partial charge in [-0.15, -0.1) is 0 Å². The lowest BCUT2D eigenvalue weighted by atomic mass is 10.0. The maximum absolute atomic E-state index is 13.1. The van der Waals surface area contributed by atoms with E-state index in [1.807, 2.05) is 19.1 Å². The summed E-state index contributed by atoms with van der Waals surface area (Å²) in [5.41, 5.74) is 1.40. The number of carbonyl (C=O) groups excluding carboxylic acids is 3. The van der Waals surface area contributed by atoms with Crippen LogP contribution in [0.3, 0.4) is 0 Å². The topological polar surface area (TPSA) is 132 Å². The summed E-state index contributed by atoms with van der Waals surface area (Å²) >= 11 is 0. The van der Waals surface area contributed by atoms with E-state index in [9.17, 15) is 24.5 Å². The molecular formula is C24H18N4O6. The molecule has 1 aliphatic rings. The number of rotatable bonds is 6. The monoisotopic (exact) mass is 458 g/mol. The first-order valence-electron chi connectivity index (χ1n) is 10.2. The molecule has 1 N–H and O–H groups in total. The number of ether oxygens (including phenoxy) is 1. The quantitative estimate of drug-likeness (QED) is 0.255. The van der Waals surface area contributed by atoms with Crippen molar-refractivity contribution in [2.75, 3.05) is 4.90 Å². The number of nitrogens with zero attached hydrogens (tertiary/aromatic N) is 3. The third kappa shape index (κ3) is 4.51. The van der Waals surface area contributed by atoms with Gasteiger partial charge in [-0.2, -0.15) is 0 Å². The Morgan fingerprint density at radius 2 is 1.79 bits per heavy atom. The van der Waals surface area contributed by atoms with Crippen molar-refractivity contribution in [2.45, 2.75) is 13.3 Å². The number of nitro groups is 1. The first-order chi connectivity index (χ1) is 16.4. The highest BCUT2D eigenvalue weighted by Crippen LogP contribution is 2.27.